The first-order valence-corrected chi connectivity index (χ1v) is 11.2. The summed E-state index contributed by atoms with van der Waals surface area (Å²) in [7, 11) is 0. The Labute approximate surface area is 190 Å². The number of amides is 1. The Balaban J connectivity index is 1.57. The predicted octanol–water partition coefficient (Wildman–Crippen LogP) is 5.69. The molecule has 1 aromatic heterocycles. The summed E-state index contributed by atoms with van der Waals surface area (Å²) in [6.45, 7) is 2.67. The number of anilines is 1. The van der Waals surface area contributed by atoms with Crippen LogP contribution in [0.1, 0.15) is 11.1 Å². The maximum Gasteiger partial charge on any atom is 0.234 e. The van der Waals surface area contributed by atoms with Crippen molar-refractivity contribution >= 4 is 35.0 Å². The summed E-state index contributed by atoms with van der Waals surface area (Å²) < 4.78 is 2.06. The third kappa shape index (κ3) is 5.16. The van der Waals surface area contributed by atoms with Crippen molar-refractivity contribution in [1.29, 1.82) is 0 Å². The number of nitrogens with zero attached hydrogens (tertiary/aromatic N) is 3. The second-order valence-corrected chi connectivity index (χ2v) is 8.36. The zero-order valence-electron chi connectivity index (χ0n) is 17.0. The molecule has 5 nitrogen and oxygen atoms in total. The lowest BCUT2D eigenvalue weighted by atomic mass is 10.1. The monoisotopic (exact) mass is 448 g/mol. The van der Waals surface area contributed by atoms with Crippen molar-refractivity contribution in [2.75, 3.05) is 11.1 Å². The molecule has 3 aromatic carbocycles. The second kappa shape index (κ2) is 9.81. The van der Waals surface area contributed by atoms with E-state index in [-0.39, 0.29) is 11.7 Å². The lowest BCUT2D eigenvalue weighted by Crippen LogP contribution is -2.15. The number of aromatic nitrogens is 3. The first-order chi connectivity index (χ1) is 15.1. The van der Waals surface area contributed by atoms with Gasteiger partial charge in [-0.1, -0.05) is 90.1 Å². The topological polar surface area (TPSA) is 59.8 Å². The minimum absolute atomic E-state index is 0.148. The van der Waals surface area contributed by atoms with Crippen molar-refractivity contribution in [1.82, 2.24) is 14.8 Å². The number of carbonyl (C=O) groups excluding carboxylic acids is 1. The highest BCUT2D eigenvalue weighted by Gasteiger charge is 2.17. The number of hydrogen-bond donors (Lipinski definition) is 1. The Morgan fingerprint density at radius 2 is 1.68 bits per heavy atom. The van der Waals surface area contributed by atoms with Crippen LogP contribution in [0.25, 0.3) is 11.4 Å². The molecule has 0 fully saturated rings. The van der Waals surface area contributed by atoms with E-state index >= 15 is 0 Å². The van der Waals surface area contributed by atoms with Crippen LogP contribution in [0.2, 0.25) is 5.02 Å². The fraction of sp³-hybridized carbons (Fsp3) is 0.125. The van der Waals surface area contributed by atoms with E-state index in [2.05, 4.69) is 45.2 Å². The van der Waals surface area contributed by atoms with Crippen LogP contribution in [-0.4, -0.2) is 26.4 Å². The van der Waals surface area contributed by atoms with Gasteiger partial charge in [-0.15, -0.1) is 10.2 Å². The fourth-order valence-electron chi connectivity index (χ4n) is 3.21. The molecule has 1 amide bonds. The van der Waals surface area contributed by atoms with E-state index in [9.17, 15) is 4.79 Å². The highest BCUT2D eigenvalue weighted by atomic mass is 35.5. The number of aryl methyl sites for hydroxylation is 1. The van der Waals surface area contributed by atoms with E-state index in [0.717, 1.165) is 22.5 Å². The van der Waals surface area contributed by atoms with Crippen LogP contribution in [0, 0.1) is 6.92 Å². The third-order valence-electron chi connectivity index (χ3n) is 4.77. The van der Waals surface area contributed by atoms with Crippen LogP contribution in [0.3, 0.4) is 0 Å². The highest BCUT2D eigenvalue weighted by molar-refractivity contribution is 7.99. The molecule has 0 unspecified atom stereocenters. The molecule has 0 aliphatic carbocycles. The molecule has 0 radical (unpaired) electrons. The molecule has 0 spiro atoms. The SMILES string of the molecule is Cc1ccccc1-c1nnc(SCC(=O)Nc2ccccc2Cl)n1Cc1ccccc1. The van der Waals surface area contributed by atoms with E-state index in [4.69, 9.17) is 11.6 Å². The summed E-state index contributed by atoms with van der Waals surface area (Å²) >= 11 is 7.49. The minimum atomic E-state index is -0.148. The largest absolute Gasteiger partial charge is 0.324 e. The van der Waals surface area contributed by atoms with Gasteiger partial charge in [0.15, 0.2) is 11.0 Å². The molecule has 4 rings (SSSR count). The van der Waals surface area contributed by atoms with Crippen molar-refractivity contribution in [3.8, 4) is 11.4 Å². The van der Waals surface area contributed by atoms with Gasteiger partial charge in [-0.25, -0.2) is 0 Å². The predicted molar refractivity (Wildman–Crippen MR) is 127 cm³/mol. The van der Waals surface area contributed by atoms with Crippen LogP contribution in [0.5, 0.6) is 0 Å². The van der Waals surface area contributed by atoms with Gasteiger partial charge in [0, 0.05) is 5.56 Å². The van der Waals surface area contributed by atoms with Gasteiger partial charge in [0.1, 0.15) is 0 Å². The van der Waals surface area contributed by atoms with E-state index in [0.29, 0.717) is 22.4 Å². The molecule has 31 heavy (non-hydrogen) atoms. The number of halogens is 1. The molecule has 0 atom stereocenters. The number of carbonyl (C=O) groups is 1. The first kappa shape index (κ1) is 21.2. The molecular weight excluding hydrogens is 428 g/mol. The molecule has 0 aliphatic rings. The van der Waals surface area contributed by atoms with E-state index in [1.165, 1.54) is 11.8 Å². The molecule has 0 bridgehead atoms. The molecular formula is C24H21ClN4OS. The van der Waals surface area contributed by atoms with E-state index in [1.54, 1.807) is 12.1 Å². The van der Waals surface area contributed by atoms with E-state index in [1.807, 2.05) is 48.5 Å². The Morgan fingerprint density at radius 3 is 2.45 bits per heavy atom. The zero-order valence-corrected chi connectivity index (χ0v) is 18.5. The Bertz CT molecular complexity index is 1190. The van der Waals surface area contributed by atoms with Crippen LogP contribution < -0.4 is 5.32 Å². The second-order valence-electron chi connectivity index (χ2n) is 7.01. The fourth-order valence-corrected chi connectivity index (χ4v) is 4.13. The van der Waals surface area contributed by atoms with Gasteiger partial charge in [-0.3, -0.25) is 9.36 Å². The van der Waals surface area contributed by atoms with E-state index < -0.39 is 0 Å². The lowest BCUT2D eigenvalue weighted by Gasteiger charge is -2.12. The summed E-state index contributed by atoms with van der Waals surface area (Å²) in [5, 5.41) is 12.9. The molecule has 1 heterocycles. The summed E-state index contributed by atoms with van der Waals surface area (Å²) in [5.74, 6) is 0.840. The zero-order chi connectivity index (χ0) is 21.6. The Morgan fingerprint density at radius 1 is 0.968 bits per heavy atom. The summed E-state index contributed by atoms with van der Waals surface area (Å²) in [5.41, 5.74) is 3.89. The van der Waals surface area contributed by atoms with Crippen LogP contribution in [-0.2, 0) is 11.3 Å². The van der Waals surface area contributed by atoms with Gasteiger partial charge < -0.3 is 5.32 Å². The summed E-state index contributed by atoms with van der Waals surface area (Å²) in [4.78, 5) is 12.5. The molecule has 0 saturated carbocycles. The normalized spacial score (nSPS) is 10.8. The van der Waals surface area contributed by atoms with Crippen molar-refractivity contribution in [2.24, 2.45) is 0 Å². The molecule has 7 heteroatoms. The van der Waals surface area contributed by atoms with Crippen LogP contribution in [0.4, 0.5) is 5.69 Å². The number of rotatable bonds is 7. The molecule has 0 aliphatic heterocycles. The standard InChI is InChI=1S/C24H21ClN4OS/c1-17-9-5-6-12-19(17)23-27-28-24(29(23)15-18-10-3-2-4-11-18)31-16-22(30)26-21-14-8-7-13-20(21)25/h2-14H,15-16H2,1H3,(H,26,30). The quantitative estimate of drug-likeness (QED) is 0.369. The number of hydrogen-bond acceptors (Lipinski definition) is 4. The lowest BCUT2D eigenvalue weighted by molar-refractivity contribution is -0.113. The molecule has 4 aromatic rings. The van der Waals surface area contributed by atoms with Gasteiger partial charge >= 0.3 is 0 Å². The number of thioether (sulfide) groups is 1. The minimum Gasteiger partial charge on any atom is -0.324 e. The van der Waals surface area contributed by atoms with Gasteiger partial charge in [-0.2, -0.15) is 0 Å². The van der Waals surface area contributed by atoms with Gasteiger partial charge in [0.2, 0.25) is 5.91 Å². The third-order valence-corrected chi connectivity index (χ3v) is 6.06. The van der Waals surface area contributed by atoms with Crippen molar-refractivity contribution in [2.45, 2.75) is 18.6 Å². The smallest absolute Gasteiger partial charge is 0.234 e. The molecule has 156 valence electrons. The average Bonchev–Trinajstić information content (AvgIpc) is 3.17. The Kier molecular flexibility index (Phi) is 6.70. The van der Waals surface area contributed by atoms with Crippen molar-refractivity contribution in [3.63, 3.8) is 0 Å². The van der Waals surface area contributed by atoms with Gasteiger partial charge in [0.25, 0.3) is 0 Å². The van der Waals surface area contributed by atoms with Crippen LogP contribution >= 0.6 is 23.4 Å². The number of nitrogens with one attached hydrogen (secondary N) is 1. The maximum atomic E-state index is 12.5. The van der Waals surface area contributed by atoms with Gasteiger partial charge in [0.05, 0.1) is 23.0 Å². The van der Waals surface area contributed by atoms with Crippen molar-refractivity contribution in [3.05, 3.63) is 95.0 Å². The molecule has 1 N–H and O–H groups in total. The number of para-hydroxylation sites is 1. The maximum absolute atomic E-state index is 12.5. The molecule has 0 saturated heterocycles. The summed E-state index contributed by atoms with van der Waals surface area (Å²) in [6, 6.07) is 25.4. The average molecular weight is 449 g/mol. The number of benzene rings is 3. The Hall–Kier alpha value is -3.09. The highest BCUT2D eigenvalue weighted by Crippen LogP contribution is 2.28. The van der Waals surface area contributed by atoms with Gasteiger partial charge in [-0.05, 0) is 30.2 Å². The summed E-state index contributed by atoms with van der Waals surface area (Å²) in [6.07, 6.45) is 0. The van der Waals surface area contributed by atoms with Crippen LogP contribution in [0.15, 0.2) is 84.0 Å². The first-order valence-electron chi connectivity index (χ1n) is 9.82. The van der Waals surface area contributed by atoms with Crippen molar-refractivity contribution < 1.29 is 4.79 Å².